The minimum Gasteiger partial charge on any atom is -0.418 e. The van der Waals surface area contributed by atoms with E-state index in [4.69, 9.17) is 4.43 Å². The molecule has 1 aliphatic rings. The van der Waals surface area contributed by atoms with Gasteiger partial charge in [-0.2, -0.15) is 0 Å². The van der Waals surface area contributed by atoms with Crippen LogP contribution >= 0.6 is 0 Å². The lowest BCUT2D eigenvalue weighted by Gasteiger charge is -2.37. The Labute approximate surface area is 148 Å². The molecule has 0 N–H and O–H groups in total. The van der Waals surface area contributed by atoms with Gasteiger partial charge in [0, 0.05) is 19.7 Å². The molecule has 0 aromatic heterocycles. The maximum absolute atomic E-state index is 5.96. The molecule has 0 radical (unpaired) electrons. The van der Waals surface area contributed by atoms with Gasteiger partial charge in [-0.25, -0.2) is 0 Å². The second-order valence-electron chi connectivity index (χ2n) is 8.71. The highest BCUT2D eigenvalue weighted by Crippen LogP contribution is 2.17. The van der Waals surface area contributed by atoms with Crippen molar-refractivity contribution in [3.8, 4) is 0 Å². The fourth-order valence-corrected chi connectivity index (χ4v) is 7.17. The second kappa shape index (κ2) is 10.3. The second-order valence-corrected chi connectivity index (χ2v) is 18.0. The average Bonchev–Trinajstić information content (AvgIpc) is 2.46. The molecule has 0 aliphatic carbocycles. The summed E-state index contributed by atoms with van der Waals surface area (Å²) in [6.45, 7) is 21.8. The molecule has 0 saturated carbocycles. The predicted octanol–water partition coefficient (Wildman–Crippen LogP) is 4.63. The Kier molecular flexibility index (Phi) is 9.60. The highest BCUT2D eigenvalue weighted by atomic mass is 28.4. The van der Waals surface area contributed by atoms with Crippen molar-refractivity contribution >= 4 is 16.6 Å². The third-order valence-electron chi connectivity index (χ3n) is 5.08. The smallest absolute Gasteiger partial charge is 0.186 e. The Morgan fingerprint density at radius 3 is 2.13 bits per heavy atom. The van der Waals surface area contributed by atoms with Crippen molar-refractivity contribution in [3.63, 3.8) is 0 Å². The van der Waals surface area contributed by atoms with E-state index < -0.39 is 16.6 Å². The summed E-state index contributed by atoms with van der Waals surface area (Å²) in [7, 11) is -2.58. The Balaban J connectivity index is 2.31. The Morgan fingerprint density at radius 1 is 0.913 bits per heavy atom. The number of likely N-dealkylation sites (tertiary alicyclic amines) is 1. The van der Waals surface area contributed by atoms with Crippen LogP contribution in [-0.4, -0.2) is 65.3 Å². The van der Waals surface area contributed by atoms with Gasteiger partial charge in [-0.15, -0.1) is 0 Å². The number of hydrogen-bond acceptors (Lipinski definition) is 3. The fraction of sp³-hybridized carbons (Fsp3) is 1.00. The Morgan fingerprint density at radius 2 is 1.57 bits per heavy atom. The maximum Gasteiger partial charge on any atom is 0.186 e. The van der Waals surface area contributed by atoms with Gasteiger partial charge in [-0.1, -0.05) is 32.5 Å². The number of unbranched alkanes of at least 4 members (excludes halogenated alkanes) is 1. The molecule has 3 nitrogen and oxygen atoms in total. The molecule has 0 atom stereocenters. The van der Waals surface area contributed by atoms with Gasteiger partial charge in [-0.3, -0.25) is 0 Å². The summed E-state index contributed by atoms with van der Waals surface area (Å²) >= 11 is 0. The van der Waals surface area contributed by atoms with Crippen molar-refractivity contribution in [1.82, 2.24) is 9.47 Å². The van der Waals surface area contributed by atoms with E-state index in [1.165, 1.54) is 70.9 Å². The zero-order chi connectivity index (χ0) is 17.3. The zero-order valence-electron chi connectivity index (χ0n) is 16.8. The van der Waals surface area contributed by atoms with Gasteiger partial charge in [0.05, 0.1) is 0 Å². The standard InChI is InChI=1S/C18H42N2OSi2/c1-7-21-23(5,6)18-12-11-15-20(22(2,3)4)17-16-19-13-9-8-10-14-19/h7-18H2,1-6H3. The molecule has 1 fully saturated rings. The van der Waals surface area contributed by atoms with Crippen LogP contribution < -0.4 is 0 Å². The first kappa shape index (κ1) is 21.4. The van der Waals surface area contributed by atoms with Crippen molar-refractivity contribution < 1.29 is 4.43 Å². The molecule has 0 aromatic rings. The topological polar surface area (TPSA) is 15.7 Å². The molecule has 1 aliphatic heterocycles. The van der Waals surface area contributed by atoms with Crippen LogP contribution in [0.1, 0.15) is 39.0 Å². The minimum absolute atomic E-state index is 0.885. The molecular weight excluding hydrogens is 316 g/mol. The lowest BCUT2D eigenvalue weighted by Crippen LogP contribution is -2.50. The van der Waals surface area contributed by atoms with Crippen LogP contribution in [0.4, 0.5) is 0 Å². The van der Waals surface area contributed by atoms with Gasteiger partial charge in [-0.05, 0) is 65.0 Å². The van der Waals surface area contributed by atoms with E-state index in [0.717, 1.165) is 6.61 Å². The molecule has 1 rings (SSSR count). The van der Waals surface area contributed by atoms with Crippen LogP contribution in [0.2, 0.25) is 38.8 Å². The van der Waals surface area contributed by atoms with Crippen molar-refractivity contribution in [3.05, 3.63) is 0 Å². The first-order chi connectivity index (χ1) is 10.7. The van der Waals surface area contributed by atoms with Crippen molar-refractivity contribution in [2.24, 2.45) is 0 Å². The third kappa shape index (κ3) is 9.39. The number of piperidine rings is 1. The van der Waals surface area contributed by atoms with E-state index >= 15 is 0 Å². The van der Waals surface area contributed by atoms with Crippen LogP contribution in [0.5, 0.6) is 0 Å². The Bertz CT molecular complexity index is 313. The van der Waals surface area contributed by atoms with Crippen molar-refractivity contribution in [2.45, 2.75) is 77.8 Å². The predicted molar refractivity (Wildman–Crippen MR) is 108 cm³/mol. The number of rotatable bonds is 11. The first-order valence-electron chi connectivity index (χ1n) is 9.86. The van der Waals surface area contributed by atoms with E-state index in [2.05, 4.69) is 49.1 Å². The van der Waals surface area contributed by atoms with Crippen LogP contribution in [-0.2, 0) is 4.43 Å². The third-order valence-corrected chi connectivity index (χ3v) is 10.0. The van der Waals surface area contributed by atoms with Crippen LogP contribution in [0.25, 0.3) is 0 Å². The van der Waals surface area contributed by atoms with E-state index in [1.807, 2.05) is 0 Å². The van der Waals surface area contributed by atoms with E-state index in [0.29, 0.717) is 0 Å². The quantitative estimate of drug-likeness (QED) is 0.395. The van der Waals surface area contributed by atoms with Crippen LogP contribution in [0, 0.1) is 0 Å². The lowest BCUT2D eigenvalue weighted by atomic mass is 10.1. The fourth-order valence-electron chi connectivity index (χ4n) is 3.54. The van der Waals surface area contributed by atoms with Crippen LogP contribution in [0.3, 0.4) is 0 Å². The average molecular weight is 359 g/mol. The Hall–Kier alpha value is 0.314. The molecule has 0 amide bonds. The van der Waals surface area contributed by atoms with Gasteiger partial charge in [0.1, 0.15) is 8.24 Å². The molecule has 0 bridgehead atoms. The van der Waals surface area contributed by atoms with Crippen LogP contribution in [0.15, 0.2) is 0 Å². The molecule has 5 heteroatoms. The van der Waals surface area contributed by atoms with Gasteiger partial charge in [0.25, 0.3) is 0 Å². The molecule has 1 heterocycles. The maximum atomic E-state index is 5.96. The lowest BCUT2D eigenvalue weighted by molar-refractivity contribution is 0.210. The summed E-state index contributed by atoms with van der Waals surface area (Å²) in [5.74, 6) is 0. The highest BCUT2D eigenvalue weighted by Gasteiger charge is 2.25. The number of hydrogen-bond donors (Lipinski definition) is 0. The van der Waals surface area contributed by atoms with E-state index in [1.54, 1.807) is 0 Å². The summed E-state index contributed by atoms with van der Waals surface area (Å²) < 4.78 is 8.79. The number of nitrogens with zero attached hydrogens (tertiary/aromatic N) is 2. The molecule has 0 unspecified atom stereocenters. The zero-order valence-corrected chi connectivity index (χ0v) is 18.8. The van der Waals surface area contributed by atoms with Gasteiger partial charge in [0.15, 0.2) is 8.32 Å². The molecule has 23 heavy (non-hydrogen) atoms. The molecular formula is C18H42N2OSi2. The summed E-state index contributed by atoms with van der Waals surface area (Å²) in [6, 6.07) is 1.31. The van der Waals surface area contributed by atoms with Gasteiger partial charge < -0.3 is 13.9 Å². The van der Waals surface area contributed by atoms with Crippen molar-refractivity contribution in [2.75, 3.05) is 39.3 Å². The van der Waals surface area contributed by atoms with Gasteiger partial charge >= 0.3 is 0 Å². The summed E-state index contributed by atoms with van der Waals surface area (Å²) in [4.78, 5) is 2.68. The highest BCUT2D eigenvalue weighted by molar-refractivity contribution is 6.73. The minimum atomic E-state index is -1.38. The summed E-state index contributed by atoms with van der Waals surface area (Å²) in [5.41, 5.74) is 0. The monoisotopic (exact) mass is 358 g/mol. The SMILES string of the molecule is CCO[Si](C)(C)CCCCN(CCN1CCCCC1)[Si](C)(C)C. The first-order valence-corrected chi connectivity index (χ1v) is 16.4. The largest absolute Gasteiger partial charge is 0.418 e. The summed E-state index contributed by atoms with van der Waals surface area (Å²) in [5, 5.41) is 0. The van der Waals surface area contributed by atoms with Gasteiger partial charge in [0.2, 0.25) is 0 Å². The molecule has 0 aromatic carbocycles. The van der Waals surface area contributed by atoms with E-state index in [9.17, 15) is 0 Å². The molecule has 138 valence electrons. The molecule has 0 spiro atoms. The molecule has 1 saturated heterocycles. The normalized spacial score (nSPS) is 17.9. The van der Waals surface area contributed by atoms with E-state index in [-0.39, 0.29) is 0 Å². The van der Waals surface area contributed by atoms with Crippen molar-refractivity contribution in [1.29, 1.82) is 0 Å². The summed E-state index contributed by atoms with van der Waals surface area (Å²) in [6.07, 6.45) is 6.93.